The molecule has 5 heteroatoms. The molecule has 1 saturated carbocycles. The van der Waals surface area contributed by atoms with E-state index in [1.54, 1.807) is 22.9 Å². The molecule has 3 unspecified atom stereocenters. The predicted octanol–water partition coefficient (Wildman–Crippen LogP) is 2.43. The van der Waals surface area contributed by atoms with Crippen LogP contribution in [0.25, 0.3) is 0 Å². The van der Waals surface area contributed by atoms with Crippen molar-refractivity contribution >= 4 is 5.91 Å². The van der Waals surface area contributed by atoms with Crippen LogP contribution in [0.3, 0.4) is 0 Å². The summed E-state index contributed by atoms with van der Waals surface area (Å²) in [6, 6.07) is 13.7. The van der Waals surface area contributed by atoms with Crippen LogP contribution >= 0.6 is 0 Å². The van der Waals surface area contributed by atoms with Gasteiger partial charge in [0.2, 0.25) is 5.91 Å². The predicted molar refractivity (Wildman–Crippen MR) is 105 cm³/mol. The third kappa shape index (κ3) is 4.30. The van der Waals surface area contributed by atoms with Crippen LogP contribution in [0.4, 0.5) is 0 Å². The number of hydrogen-bond donors (Lipinski definition) is 2. The van der Waals surface area contributed by atoms with Gasteiger partial charge in [0.25, 0.3) is 5.56 Å². The highest BCUT2D eigenvalue weighted by atomic mass is 16.2. The lowest BCUT2D eigenvalue weighted by atomic mass is 9.85. The van der Waals surface area contributed by atoms with Crippen LogP contribution in [-0.4, -0.2) is 22.6 Å². The van der Waals surface area contributed by atoms with Crippen LogP contribution in [0.15, 0.2) is 53.5 Å². The van der Waals surface area contributed by atoms with Gasteiger partial charge in [-0.15, -0.1) is 0 Å². The number of benzene rings is 1. The van der Waals surface area contributed by atoms with Gasteiger partial charge >= 0.3 is 0 Å². The van der Waals surface area contributed by atoms with E-state index < -0.39 is 0 Å². The number of rotatable bonds is 5. The average molecular weight is 365 g/mol. The molecule has 1 aliphatic heterocycles. The number of amides is 1. The van der Waals surface area contributed by atoms with E-state index >= 15 is 0 Å². The van der Waals surface area contributed by atoms with E-state index in [0.29, 0.717) is 25.0 Å². The second-order valence-electron chi connectivity index (χ2n) is 7.81. The van der Waals surface area contributed by atoms with Crippen LogP contribution < -0.4 is 16.2 Å². The maximum atomic E-state index is 12.5. The molecule has 2 heterocycles. The van der Waals surface area contributed by atoms with Crippen molar-refractivity contribution in [1.82, 2.24) is 15.2 Å². The van der Waals surface area contributed by atoms with Crippen molar-refractivity contribution in [3.8, 4) is 0 Å². The Morgan fingerprint density at radius 1 is 1.07 bits per heavy atom. The van der Waals surface area contributed by atoms with Crippen LogP contribution in [0, 0.1) is 5.92 Å². The summed E-state index contributed by atoms with van der Waals surface area (Å²) < 4.78 is 1.68. The first kappa shape index (κ1) is 18.0. The first-order valence-electron chi connectivity index (χ1n) is 9.96. The molecule has 1 aromatic heterocycles. The number of carbonyl (C=O) groups is 1. The molecule has 1 saturated heterocycles. The normalized spacial score (nSPS) is 24.4. The zero-order chi connectivity index (χ0) is 18.6. The monoisotopic (exact) mass is 365 g/mol. The molecule has 3 atom stereocenters. The fraction of sp³-hybridized carbons (Fsp3) is 0.455. The Morgan fingerprint density at radius 2 is 1.85 bits per heavy atom. The van der Waals surface area contributed by atoms with E-state index in [1.165, 1.54) is 25.7 Å². The molecule has 2 fully saturated rings. The molecule has 4 rings (SSSR count). The third-order valence-electron chi connectivity index (χ3n) is 5.92. The largest absolute Gasteiger partial charge is 0.351 e. The number of aromatic nitrogens is 1. The second-order valence-corrected chi connectivity index (χ2v) is 7.81. The van der Waals surface area contributed by atoms with Crippen molar-refractivity contribution < 1.29 is 4.79 Å². The lowest BCUT2D eigenvalue weighted by Crippen LogP contribution is -2.42. The van der Waals surface area contributed by atoms with Gasteiger partial charge in [0, 0.05) is 24.8 Å². The van der Waals surface area contributed by atoms with E-state index in [0.717, 1.165) is 17.5 Å². The Morgan fingerprint density at radius 3 is 2.63 bits per heavy atom. The molecule has 2 aromatic rings. The molecule has 2 N–H and O–H groups in total. The number of nitrogens with zero attached hydrogens (tertiary/aromatic N) is 1. The zero-order valence-corrected chi connectivity index (χ0v) is 15.6. The Hall–Kier alpha value is -2.40. The Labute approximate surface area is 159 Å². The number of carbonyl (C=O) groups excluding carboxylic acids is 1. The van der Waals surface area contributed by atoms with Crippen molar-refractivity contribution in [1.29, 1.82) is 0 Å². The van der Waals surface area contributed by atoms with Gasteiger partial charge in [-0.25, -0.2) is 0 Å². The summed E-state index contributed by atoms with van der Waals surface area (Å²) in [4.78, 5) is 24.3. The van der Waals surface area contributed by atoms with Gasteiger partial charge in [-0.3, -0.25) is 9.59 Å². The Bertz CT molecular complexity index is 829. The number of pyridine rings is 1. The van der Waals surface area contributed by atoms with Gasteiger partial charge in [-0.2, -0.15) is 0 Å². The maximum Gasteiger partial charge on any atom is 0.250 e. The second kappa shape index (κ2) is 8.09. The quantitative estimate of drug-likeness (QED) is 0.855. The minimum Gasteiger partial charge on any atom is -0.351 e. The van der Waals surface area contributed by atoms with Crippen LogP contribution in [-0.2, 0) is 17.9 Å². The molecule has 1 aliphatic carbocycles. The lowest BCUT2D eigenvalue weighted by Gasteiger charge is -2.24. The standard InChI is InChI=1S/C22H27N3O2/c26-21-7-3-4-12-25(21)15-17-10-8-16(9-11-17)14-23-22(27)20-13-18-5-1-2-6-19(18)24-20/h3-4,7-12,18-20,24H,1-2,5-6,13-15H2,(H,23,27). The highest BCUT2D eigenvalue weighted by Gasteiger charge is 2.37. The van der Waals surface area contributed by atoms with Gasteiger partial charge < -0.3 is 15.2 Å². The summed E-state index contributed by atoms with van der Waals surface area (Å²) in [5, 5.41) is 6.60. The smallest absolute Gasteiger partial charge is 0.250 e. The molecular formula is C22H27N3O2. The molecule has 27 heavy (non-hydrogen) atoms. The zero-order valence-electron chi connectivity index (χ0n) is 15.6. The summed E-state index contributed by atoms with van der Waals surface area (Å²) >= 11 is 0. The molecular weight excluding hydrogens is 338 g/mol. The fourth-order valence-electron chi connectivity index (χ4n) is 4.38. The summed E-state index contributed by atoms with van der Waals surface area (Å²) in [7, 11) is 0. The fourth-order valence-corrected chi connectivity index (χ4v) is 4.38. The van der Waals surface area contributed by atoms with Gasteiger partial charge in [-0.05, 0) is 42.4 Å². The average Bonchev–Trinajstić information content (AvgIpc) is 3.13. The van der Waals surface area contributed by atoms with E-state index in [4.69, 9.17) is 0 Å². The molecule has 0 bridgehead atoms. The highest BCUT2D eigenvalue weighted by Crippen LogP contribution is 2.33. The Balaban J connectivity index is 1.29. The minimum atomic E-state index is -0.0395. The molecule has 0 spiro atoms. The molecule has 1 aromatic carbocycles. The number of fused-ring (bicyclic) bond motifs is 1. The summed E-state index contributed by atoms with van der Waals surface area (Å²) in [5.41, 5.74) is 2.14. The molecule has 1 amide bonds. The van der Waals surface area contributed by atoms with E-state index in [9.17, 15) is 9.59 Å². The first-order valence-corrected chi connectivity index (χ1v) is 9.96. The molecule has 2 aliphatic rings. The lowest BCUT2D eigenvalue weighted by molar-refractivity contribution is -0.123. The molecule has 0 radical (unpaired) electrons. The van der Waals surface area contributed by atoms with Gasteiger partial charge in [0.1, 0.15) is 0 Å². The van der Waals surface area contributed by atoms with Crippen LogP contribution in [0.2, 0.25) is 0 Å². The first-order chi connectivity index (χ1) is 13.2. The number of hydrogen-bond acceptors (Lipinski definition) is 3. The van der Waals surface area contributed by atoms with Crippen LogP contribution in [0.1, 0.15) is 43.2 Å². The van der Waals surface area contributed by atoms with E-state index in [-0.39, 0.29) is 17.5 Å². The molecule has 5 nitrogen and oxygen atoms in total. The SMILES string of the molecule is O=C(NCc1ccc(Cn2ccccc2=O)cc1)C1CC2CCCCC2N1. The van der Waals surface area contributed by atoms with Gasteiger partial charge in [0.05, 0.1) is 12.6 Å². The van der Waals surface area contributed by atoms with E-state index in [1.807, 2.05) is 30.3 Å². The topological polar surface area (TPSA) is 63.1 Å². The summed E-state index contributed by atoms with van der Waals surface area (Å²) in [6.45, 7) is 1.10. The number of nitrogens with one attached hydrogen (secondary N) is 2. The minimum absolute atomic E-state index is 0.00142. The van der Waals surface area contributed by atoms with Gasteiger partial charge in [0.15, 0.2) is 0 Å². The van der Waals surface area contributed by atoms with Crippen LogP contribution in [0.5, 0.6) is 0 Å². The summed E-state index contributed by atoms with van der Waals surface area (Å²) in [5.74, 6) is 0.791. The van der Waals surface area contributed by atoms with Crippen molar-refractivity contribution in [2.24, 2.45) is 5.92 Å². The summed E-state index contributed by atoms with van der Waals surface area (Å²) in [6.07, 6.45) is 7.82. The highest BCUT2D eigenvalue weighted by molar-refractivity contribution is 5.82. The van der Waals surface area contributed by atoms with Crippen molar-refractivity contribution in [2.75, 3.05) is 0 Å². The maximum absolute atomic E-state index is 12.5. The van der Waals surface area contributed by atoms with Crippen molar-refractivity contribution in [2.45, 2.75) is 57.3 Å². The third-order valence-corrected chi connectivity index (χ3v) is 5.92. The Kier molecular flexibility index (Phi) is 5.39. The van der Waals surface area contributed by atoms with Gasteiger partial charge in [-0.1, -0.05) is 43.2 Å². The molecule has 142 valence electrons. The van der Waals surface area contributed by atoms with E-state index in [2.05, 4.69) is 10.6 Å². The van der Waals surface area contributed by atoms with Crippen molar-refractivity contribution in [3.63, 3.8) is 0 Å². The van der Waals surface area contributed by atoms with Crippen molar-refractivity contribution in [3.05, 3.63) is 70.1 Å².